The molecule has 0 amide bonds. The summed E-state index contributed by atoms with van der Waals surface area (Å²) in [6.45, 7) is 9.04. The molecule has 0 radical (unpaired) electrons. The average molecular weight is 251 g/mol. The number of nitrogens with zero attached hydrogens (tertiary/aromatic N) is 3. The Balaban J connectivity index is 1.87. The van der Waals surface area contributed by atoms with Crippen LogP contribution in [0, 0.1) is 0 Å². The zero-order valence-electron chi connectivity index (χ0n) is 10.7. The van der Waals surface area contributed by atoms with E-state index in [-0.39, 0.29) is 0 Å². The van der Waals surface area contributed by atoms with E-state index in [2.05, 4.69) is 34.1 Å². The van der Waals surface area contributed by atoms with E-state index in [1.807, 2.05) is 30.4 Å². The number of pyridine rings is 1. The van der Waals surface area contributed by atoms with Crippen LogP contribution in [0.3, 0.4) is 0 Å². The van der Waals surface area contributed by atoms with Crippen molar-refractivity contribution in [2.45, 2.75) is 26.4 Å². The van der Waals surface area contributed by atoms with Gasteiger partial charge in [-0.25, -0.2) is 4.31 Å². The molecule has 1 aliphatic rings. The molecule has 1 aromatic rings. The van der Waals surface area contributed by atoms with E-state index in [0.29, 0.717) is 6.04 Å². The predicted octanol–water partition coefficient (Wildman–Crippen LogP) is 2.26. The molecule has 0 aromatic carbocycles. The summed E-state index contributed by atoms with van der Waals surface area (Å²) in [6, 6.07) is 4.81. The van der Waals surface area contributed by atoms with Crippen molar-refractivity contribution in [3.8, 4) is 0 Å². The Hall–Kier alpha value is -0.580. The fourth-order valence-corrected chi connectivity index (χ4v) is 3.10. The van der Waals surface area contributed by atoms with E-state index in [4.69, 9.17) is 0 Å². The summed E-state index contributed by atoms with van der Waals surface area (Å²) in [7, 11) is 0. The third kappa shape index (κ3) is 3.98. The van der Waals surface area contributed by atoms with Crippen LogP contribution in [0.15, 0.2) is 24.5 Å². The van der Waals surface area contributed by atoms with E-state index >= 15 is 0 Å². The summed E-state index contributed by atoms with van der Waals surface area (Å²) in [5, 5.41) is 0. The number of hydrogen-bond acceptors (Lipinski definition) is 4. The van der Waals surface area contributed by atoms with Gasteiger partial charge >= 0.3 is 0 Å². The topological polar surface area (TPSA) is 19.4 Å². The molecule has 2 heterocycles. The first-order valence-corrected chi connectivity index (χ1v) is 7.21. The van der Waals surface area contributed by atoms with Crippen molar-refractivity contribution >= 4 is 11.9 Å². The maximum Gasteiger partial charge on any atom is 0.0312 e. The third-order valence-electron chi connectivity index (χ3n) is 3.01. The molecule has 1 aliphatic heterocycles. The van der Waals surface area contributed by atoms with Crippen molar-refractivity contribution in [3.63, 3.8) is 0 Å². The molecule has 94 valence electrons. The maximum atomic E-state index is 4.17. The van der Waals surface area contributed by atoms with Crippen LogP contribution in [0.1, 0.15) is 19.4 Å². The largest absolute Gasteiger partial charge is 0.297 e. The standard InChI is InChI=1S/C13H21N3S/c1-12(2)16-7-6-15(8-9-17-16)11-13-4-3-5-14-10-13/h3-5,10,12H,6-9,11H2,1-2H3. The van der Waals surface area contributed by atoms with Gasteiger partial charge in [-0.2, -0.15) is 0 Å². The molecule has 1 saturated heterocycles. The summed E-state index contributed by atoms with van der Waals surface area (Å²) >= 11 is 1.98. The fraction of sp³-hybridized carbons (Fsp3) is 0.615. The fourth-order valence-electron chi connectivity index (χ4n) is 2.02. The molecule has 0 spiro atoms. The molecule has 0 aliphatic carbocycles. The van der Waals surface area contributed by atoms with Crippen molar-refractivity contribution in [1.29, 1.82) is 0 Å². The molecule has 0 N–H and O–H groups in total. The lowest BCUT2D eigenvalue weighted by Gasteiger charge is -2.23. The summed E-state index contributed by atoms with van der Waals surface area (Å²) in [6.07, 6.45) is 3.81. The maximum absolute atomic E-state index is 4.17. The Bertz CT molecular complexity index is 329. The highest BCUT2D eigenvalue weighted by atomic mass is 32.2. The first kappa shape index (κ1) is 12.9. The molecular formula is C13H21N3S. The molecule has 17 heavy (non-hydrogen) atoms. The van der Waals surface area contributed by atoms with Gasteiger partial charge in [0.1, 0.15) is 0 Å². The molecule has 4 heteroatoms. The molecular weight excluding hydrogens is 230 g/mol. The molecule has 0 saturated carbocycles. The van der Waals surface area contributed by atoms with Crippen molar-refractivity contribution < 1.29 is 0 Å². The molecule has 3 nitrogen and oxygen atoms in total. The lowest BCUT2D eigenvalue weighted by molar-refractivity contribution is 0.260. The zero-order chi connectivity index (χ0) is 12.1. The van der Waals surface area contributed by atoms with Crippen LogP contribution in [0.4, 0.5) is 0 Å². The van der Waals surface area contributed by atoms with E-state index in [1.165, 1.54) is 17.9 Å². The van der Waals surface area contributed by atoms with Crippen LogP contribution >= 0.6 is 11.9 Å². The smallest absolute Gasteiger partial charge is 0.0312 e. The molecule has 0 unspecified atom stereocenters. The second-order valence-corrected chi connectivity index (χ2v) is 5.84. The van der Waals surface area contributed by atoms with Crippen LogP contribution in [-0.4, -0.2) is 45.6 Å². The van der Waals surface area contributed by atoms with Crippen molar-refractivity contribution in [3.05, 3.63) is 30.1 Å². The monoisotopic (exact) mass is 251 g/mol. The SMILES string of the molecule is CC(C)N1CCN(Cc2cccnc2)CCS1. The minimum atomic E-state index is 0.637. The van der Waals surface area contributed by atoms with Crippen molar-refractivity contribution in [2.75, 3.05) is 25.4 Å². The minimum absolute atomic E-state index is 0.637. The Morgan fingerprint density at radius 2 is 2.24 bits per heavy atom. The van der Waals surface area contributed by atoms with E-state index < -0.39 is 0 Å². The highest BCUT2D eigenvalue weighted by Crippen LogP contribution is 2.18. The van der Waals surface area contributed by atoms with Crippen molar-refractivity contribution in [1.82, 2.24) is 14.2 Å². The first-order chi connectivity index (χ1) is 8.25. The predicted molar refractivity (Wildman–Crippen MR) is 73.8 cm³/mol. The highest BCUT2D eigenvalue weighted by Gasteiger charge is 2.17. The van der Waals surface area contributed by atoms with Gasteiger partial charge in [-0.05, 0) is 25.5 Å². The highest BCUT2D eigenvalue weighted by molar-refractivity contribution is 7.97. The number of rotatable bonds is 3. The van der Waals surface area contributed by atoms with Gasteiger partial charge in [-0.3, -0.25) is 9.88 Å². The van der Waals surface area contributed by atoms with Crippen LogP contribution in [-0.2, 0) is 6.54 Å². The molecule has 1 aromatic heterocycles. The normalized spacial score (nSPS) is 19.5. The van der Waals surface area contributed by atoms with Crippen LogP contribution in [0.25, 0.3) is 0 Å². The first-order valence-electron chi connectivity index (χ1n) is 6.26. The zero-order valence-corrected chi connectivity index (χ0v) is 11.5. The van der Waals surface area contributed by atoms with Crippen molar-refractivity contribution in [2.24, 2.45) is 0 Å². The quantitative estimate of drug-likeness (QED) is 0.767. The third-order valence-corrected chi connectivity index (χ3v) is 4.31. The summed E-state index contributed by atoms with van der Waals surface area (Å²) < 4.78 is 2.49. The second kappa shape index (κ2) is 6.38. The Morgan fingerprint density at radius 1 is 1.35 bits per heavy atom. The molecule has 2 rings (SSSR count). The van der Waals surface area contributed by atoms with Gasteiger partial charge in [-0.15, -0.1) is 0 Å². The van der Waals surface area contributed by atoms with Gasteiger partial charge < -0.3 is 0 Å². The van der Waals surface area contributed by atoms with E-state index in [9.17, 15) is 0 Å². The van der Waals surface area contributed by atoms with E-state index in [0.717, 1.165) is 19.6 Å². The van der Waals surface area contributed by atoms with Crippen LogP contribution in [0.2, 0.25) is 0 Å². The van der Waals surface area contributed by atoms with Gasteiger partial charge in [0.15, 0.2) is 0 Å². The van der Waals surface area contributed by atoms with Crippen LogP contribution < -0.4 is 0 Å². The van der Waals surface area contributed by atoms with Gasteiger partial charge in [0.25, 0.3) is 0 Å². The minimum Gasteiger partial charge on any atom is -0.297 e. The van der Waals surface area contributed by atoms with Gasteiger partial charge in [0.05, 0.1) is 0 Å². The summed E-state index contributed by atoms with van der Waals surface area (Å²) in [5.74, 6) is 1.19. The average Bonchev–Trinajstić information content (AvgIpc) is 2.56. The molecule has 1 fully saturated rings. The number of aromatic nitrogens is 1. The van der Waals surface area contributed by atoms with Gasteiger partial charge in [0.2, 0.25) is 0 Å². The summed E-state index contributed by atoms with van der Waals surface area (Å²) in [5.41, 5.74) is 1.32. The molecule has 0 bridgehead atoms. The Labute approximate surface area is 108 Å². The Morgan fingerprint density at radius 3 is 2.94 bits per heavy atom. The second-order valence-electron chi connectivity index (χ2n) is 4.71. The van der Waals surface area contributed by atoms with Crippen LogP contribution in [0.5, 0.6) is 0 Å². The van der Waals surface area contributed by atoms with Gasteiger partial charge in [0, 0.05) is 50.4 Å². The molecule has 0 atom stereocenters. The lowest BCUT2D eigenvalue weighted by atomic mass is 10.2. The summed E-state index contributed by atoms with van der Waals surface area (Å²) in [4.78, 5) is 6.69. The van der Waals surface area contributed by atoms with E-state index in [1.54, 1.807) is 0 Å². The lowest BCUT2D eigenvalue weighted by Crippen LogP contribution is -2.31. The number of hydrogen-bond donors (Lipinski definition) is 0. The Kier molecular flexibility index (Phi) is 4.83. The van der Waals surface area contributed by atoms with Gasteiger partial charge in [-0.1, -0.05) is 18.0 Å².